The van der Waals surface area contributed by atoms with E-state index < -0.39 is 0 Å². The van der Waals surface area contributed by atoms with E-state index in [9.17, 15) is 0 Å². The molecule has 20 heavy (non-hydrogen) atoms. The summed E-state index contributed by atoms with van der Waals surface area (Å²) in [7, 11) is 1.77. The molecular weight excluding hydrogens is 248 g/mol. The Hall–Kier alpha value is -1.06. The number of para-hydroxylation sites is 1. The number of benzene rings is 1. The van der Waals surface area contributed by atoms with Gasteiger partial charge in [-0.05, 0) is 18.4 Å². The maximum atomic E-state index is 5.37. The zero-order valence-corrected chi connectivity index (χ0v) is 13.2. The molecule has 0 saturated carbocycles. The van der Waals surface area contributed by atoms with Gasteiger partial charge in [0, 0.05) is 43.5 Å². The Morgan fingerprint density at radius 1 is 1.35 bits per heavy atom. The van der Waals surface area contributed by atoms with Crippen LogP contribution in [0.1, 0.15) is 32.8 Å². The van der Waals surface area contributed by atoms with Crippen LogP contribution in [0.25, 0.3) is 0 Å². The van der Waals surface area contributed by atoms with Gasteiger partial charge in [0.05, 0.1) is 6.61 Å². The molecule has 0 amide bonds. The van der Waals surface area contributed by atoms with E-state index in [0.717, 1.165) is 13.1 Å². The van der Waals surface area contributed by atoms with Gasteiger partial charge in [-0.1, -0.05) is 39.0 Å². The second-order valence-electron chi connectivity index (χ2n) is 6.04. The topological polar surface area (TPSA) is 24.5 Å². The van der Waals surface area contributed by atoms with Crippen LogP contribution in [0.15, 0.2) is 24.3 Å². The SMILES string of the molecule is CCC1CN(c2ccccc2COC)C(C(C)C)CN1. The third-order valence-electron chi connectivity index (χ3n) is 4.30. The molecule has 1 heterocycles. The van der Waals surface area contributed by atoms with Crippen LogP contribution < -0.4 is 10.2 Å². The van der Waals surface area contributed by atoms with Crippen molar-refractivity contribution in [2.24, 2.45) is 5.92 Å². The first-order valence-corrected chi connectivity index (χ1v) is 7.74. The van der Waals surface area contributed by atoms with E-state index in [1.165, 1.54) is 17.7 Å². The van der Waals surface area contributed by atoms with Crippen molar-refractivity contribution in [3.8, 4) is 0 Å². The smallest absolute Gasteiger partial charge is 0.0733 e. The van der Waals surface area contributed by atoms with E-state index in [0.29, 0.717) is 24.6 Å². The monoisotopic (exact) mass is 276 g/mol. The zero-order valence-electron chi connectivity index (χ0n) is 13.2. The average Bonchev–Trinajstić information content (AvgIpc) is 2.47. The fourth-order valence-electron chi connectivity index (χ4n) is 3.05. The van der Waals surface area contributed by atoms with Crippen molar-refractivity contribution in [1.82, 2.24) is 5.32 Å². The number of ether oxygens (including phenoxy) is 1. The molecule has 0 spiro atoms. The average molecular weight is 276 g/mol. The fourth-order valence-corrected chi connectivity index (χ4v) is 3.05. The molecule has 1 aromatic carbocycles. The van der Waals surface area contributed by atoms with E-state index in [1.54, 1.807) is 7.11 Å². The van der Waals surface area contributed by atoms with Crippen molar-refractivity contribution in [1.29, 1.82) is 0 Å². The van der Waals surface area contributed by atoms with Gasteiger partial charge < -0.3 is 15.0 Å². The molecule has 0 aliphatic carbocycles. The van der Waals surface area contributed by atoms with Crippen molar-refractivity contribution in [3.63, 3.8) is 0 Å². The van der Waals surface area contributed by atoms with Crippen LogP contribution in [0.4, 0.5) is 5.69 Å². The standard InChI is InChI=1S/C17H28N2O/c1-5-15-11-19(17(10-18-15)13(2)3)16-9-7-6-8-14(16)12-20-4/h6-9,13,15,17-18H,5,10-12H2,1-4H3. The van der Waals surface area contributed by atoms with Gasteiger partial charge in [0.25, 0.3) is 0 Å². The summed E-state index contributed by atoms with van der Waals surface area (Å²) in [6.45, 7) is 9.71. The molecule has 1 aliphatic rings. The Bertz CT molecular complexity index is 419. The first-order chi connectivity index (χ1) is 9.67. The van der Waals surface area contributed by atoms with Gasteiger partial charge in [0.2, 0.25) is 0 Å². The highest BCUT2D eigenvalue weighted by molar-refractivity contribution is 5.55. The number of methoxy groups -OCH3 is 1. The van der Waals surface area contributed by atoms with E-state index in [-0.39, 0.29) is 0 Å². The lowest BCUT2D eigenvalue weighted by Gasteiger charge is -2.44. The summed E-state index contributed by atoms with van der Waals surface area (Å²) in [4.78, 5) is 2.59. The number of rotatable bonds is 5. The minimum Gasteiger partial charge on any atom is -0.380 e. The van der Waals surface area contributed by atoms with Crippen molar-refractivity contribution in [2.75, 3.05) is 25.1 Å². The Kier molecular flexibility index (Phi) is 5.44. The lowest BCUT2D eigenvalue weighted by Crippen LogP contribution is -2.58. The number of hydrogen-bond donors (Lipinski definition) is 1. The molecule has 3 heteroatoms. The van der Waals surface area contributed by atoms with E-state index in [4.69, 9.17) is 4.74 Å². The predicted molar refractivity (Wildman–Crippen MR) is 85.2 cm³/mol. The Morgan fingerprint density at radius 2 is 2.10 bits per heavy atom. The van der Waals surface area contributed by atoms with Gasteiger partial charge >= 0.3 is 0 Å². The first kappa shape index (κ1) is 15.3. The van der Waals surface area contributed by atoms with Crippen molar-refractivity contribution >= 4 is 5.69 Å². The van der Waals surface area contributed by atoms with Crippen molar-refractivity contribution in [2.45, 2.75) is 45.9 Å². The molecular formula is C17H28N2O. The summed E-state index contributed by atoms with van der Waals surface area (Å²) in [6, 6.07) is 9.79. The van der Waals surface area contributed by atoms with Gasteiger partial charge in [-0.3, -0.25) is 0 Å². The minimum atomic E-state index is 0.552. The predicted octanol–water partition coefficient (Wildman–Crippen LogP) is 3.05. The molecule has 2 atom stereocenters. The van der Waals surface area contributed by atoms with Gasteiger partial charge in [-0.2, -0.15) is 0 Å². The maximum Gasteiger partial charge on any atom is 0.0733 e. The van der Waals surface area contributed by atoms with Gasteiger partial charge in [-0.25, -0.2) is 0 Å². The summed E-state index contributed by atoms with van der Waals surface area (Å²) < 4.78 is 5.37. The summed E-state index contributed by atoms with van der Waals surface area (Å²) in [5, 5.41) is 3.68. The molecule has 2 unspecified atom stereocenters. The molecule has 1 fully saturated rings. The zero-order chi connectivity index (χ0) is 14.5. The Balaban J connectivity index is 2.29. The van der Waals surface area contributed by atoms with Crippen LogP contribution >= 0.6 is 0 Å². The summed E-state index contributed by atoms with van der Waals surface area (Å²) in [5.74, 6) is 0.635. The summed E-state index contributed by atoms with van der Waals surface area (Å²) >= 11 is 0. The van der Waals surface area contributed by atoms with Crippen LogP contribution in [0.3, 0.4) is 0 Å². The summed E-state index contributed by atoms with van der Waals surface area (Å²) in [5.41, 5.74) is 2.63. The molecule has 2 rings (SSSR count). The van der Waals surface area contributed by atoms with Crippen LogP contribution in [0.5, 0.6) is 0 Å². The van der Waals surface area contributed by atoms with Crippen LogP contribution in [-0.2, 0) is 11.3 Å². The third kappa shape index (κ3) is 3.33. The third-order valence-corrected chi connectivity index (χ3v) is 4.30. The van der Waals surface area contributed by atoms with Crippen molar-refractivity contribution in [3.05, 3.63) is 29.8 Å². The second kappa shape index (κ2) is 7.09. The second-order valence-corrected chi connectivity index (χ2v) is 6.04. The molecule has 0 aromatic heterocycles. The Morgan fingerprint density at radius 3 is 2.75 bits per heavy atom. The number of nitrogens with zero attached hydrogens (tertiary/aromatic N) is 1. The van der Waals surface area contributed by atoms with Crippen molar-refractivity contribution < 1.29 is 4.74 Å². The lowest BCUT2D eigenvalue weighted by molar-refractivity contribution is 0.184. The molecule has 1 N–H and O–H groups in total. The Labute approximate surface area is 123 Å². The highest BCUT2D eigenvalue weighted by atomic mass is 16.5. The van der Waals surface area contributed by atoms with E-state index in [1.807, 2.05) is 0 Å². The molecule has 1 saturated heterocycles. The highest BCUT2D eigenvalue weighted by Crippen LogP contribution is 2.28. The minimum absolute atomic E-state index is 0.552. The van der Waals surface area contributed by atoms with Gasteiger partial charge in [-0.15, -0.1) is 0 Å². The highest BCUT2D eigenvalue weighted by Gasteiger charge is 2.30. The van der Waals surface area contributed by atoms with Gasteiger partial charge in [0.15, 0.2) is 0 Å². The molecule has 3 nitrogen and oxygen atoms in total. The molecule has 0 bridgehead atoms. The maximum absolute atomic E-state index is 5.37. The van der Waals surface area contributed by atoms with E-state index in [2.05, 4.69) is 55.3 Å². The normalized spacial score (nSPS) is 23.4. The quantitative estimate of drug-likeness (QED) is 0.894. The lowest BCUT2D eigenvalue weighted by atomic mass is 9.96. The molecule has 1 aromatic rings. The largest absolute Gasteiger partial charge is 0.380 e. The summed E-state index contributed by atoms with van der Waals surface area (Å²) in [6.07, 6.45) is 1.17. The van der Waals surface area contributed by atoms with E-state index >= 15 is 0 Å². The number of nitrogens with one attached hydrogen (secondary N) is 1. The first-order valence-electron chi connectivity index (χ1n) is 7.74. The molecule has 1 aliphatic heterocycles. The number of hydrogen-bond acceptors (Lipinski definition) is 3. The van der Waals surface area contributed by atoms with Crippen LogP contribution in [0, 0.1) is 5.92 Å². The number of anilines is 1. The fraction of sp³-hybridized carbons (Fsp3) is 0.647. The molecule has 0 radical (unpaired) electrons. The number of piperazine rings is 1. The van der Waals surface area contributed by atoms with Crippen LogP contribution in [0.2, 0.25) is 0 Å². The van der Waals surface area contributed by atoms with Crippen LogP contribution in [-0.4, -0.2) is 32.3 Å². The molecule has 112 valence electrons. The van der Waals surface area contributed by atoms with Gasteiger partial charge in [0.1, 0.15) is 0 Å².